The highest BCUT2D eigenvalue weighted by Gasteiger charge is 2.90. The largest absolute Gasteiger partial charge is 0.309 e. The summed E-state index contributed by atoms with van der Waals surface area (Å²) in [7, 11) is 0. The van der Waals surface area contributed by atoms with Gasteiger partial charge in [-0.3, -0.25) is 0 Å². The lowest BCUT2D eigenvalue weighted by Gasteiger charge is -2.92. The molecule has 66 heavy (non-hydrogen) atoms. The van der Waals surface area contributed by atoms with E-state index >= 15 is 0 Å². The van der Waals surface area contributed by atoms with Gasteiger partial charge in [-0.25, -0.2) is 0 Å². The van der Waals surface area contributed by atoms with Gasteiger partial charge < -0.3 is 4.90 Å². The Morgan fingerprint density at radius 3 is 1.67 bits per heavy atom. The van der Waals surface area contributed by atoms with Crippen LogP contribution in [0.1, 0.15) is 100 Å². The van der Waals surface area contributed by atoms with E-state index in [2.05, 4.69) is 202 Å². The average molecular weight is 854 g/mol. The minimum Gasteiger partial charge on any atom is -0.309 e. The molecule has 0 N–H and O–H groups in total. The smallest absolute Gasteiger partial charge is 0.0540 e. The molecule has 0 aliphatic heterocycles. The molecule has 8 aromatic rings. The van der Waals surface area contributed by atoms with Gasteiger partial charge in [-0.05, 0) is 158 Å². The first kappa shape index (κ1) is 39.0. The van der Waals surface area contributed by atoms with Crippen molar-refractivity contribution in [3.8, 4) is 44.5 Å². The highest BCUT2D eigenvalue weighted by Crippen LogP contribution is 2.94. The summed E-state index contributed by atoms with van der Waals surface area (Å²) in [5, 5.41) is 2.75. The summed E-state index contributed by atoms with van der Waals surface area (Å²) < 4.78 is 0. The van der Waals surface area contributed by atoms with E-state index < -0.39 is 0 Å². The summed E-state index contributed by atoms with van der Waals surface area (Å²) in [5.41, 5.74) is 21.2. The fourth-order valence-corrected chi connectivity index (χ4v) is 15.7. The first-order valence-electron chi connectivity index (χ1n) is 25.3. The Hall–Kier alpha value is -6.18. The number of para-hydroxylation sites is 3. The Labute approximate surface area is 391 Å². The van der Waals surface area contributed by atoms with Gasteiger partial charge in [0.2, 0.25) is 0 Å². The highest BCUT2D eigenvalue weighted by molar-refractivity contribution is 6.05. The maximum atomic E-state index is 2.67. The second kappa shape index (κ2) is 14.2. The third kappa shape index (κ3) is 5.13. The van der Waals surface area contributed by atoms with Crippen molar-refractivity contribution in [3.05, 3.63) is 198 Å². The maximum absolute atomic E-state index is 2.67. The van der Waals surface area contributed by atoms with Crippen LogP contribution in [-0.4, -0.2) is 0 Å². The highest BCUT2D eigenvalue weighted by atomic mass is 15.1. The third-order valence-electron chi connectivity index (χ3n) is 18.5. The molecular weight excluding hydrogens is 795 g/mol. The summed E-state index contributed by atoms with van der Waals surface area (Å²) in [6.07, 6.45) is 10.8. The zero-order chi connectivity index (χ0) is 43.9. The molecule has 0 aromatic heterocycles. The Morgan fingerprint density at radius 2 is 1.00 bits per heavy atom. The molecule has 5 saturated carbocycles. The van der Waals surface area contributed by atoms with E-state index in [1.807, 2.05) is 0 Å². The molecule has 324 valence electrons. The van der Waals surface area contributed by atoms with E-state index in [4.69, 9.17) is 0 Å². The number of anilines is 3. The van der Waals surface area contributed by atoms with Crippen LogP contribution < -0.4 is 4.90 Å². The molecule has 0 radical (unpaired) electrons. The molecule has 0 bridgehead atoms. The van der Waals surface area contributed by atoms with Gasteiger partial charge in [-0.15, -0.1) is 0 Å². The van der Waals surface area contributed by atoms with Gasteiger partial charge in [0, 0.05) is 22.1 Å². The van der Waals surface area contributed by atoms with Gasteiger partial charge in [0.15, 0.2) is 0 Å². The van der Waals surface area contributed by atoms with Crippen molar-refractivity contribution in [2.75, 3.05) is 4.90 Å². The summed E-state index contributed by atoms with van der Waals surface area (Å²) in [4.78, 5) is 2.62. The molecule has 4 atom stereocenters. The number of hydrogen-bond acceptors (Lipinski definition) is 1. The number of benzene rings is 8. The van der Waals surface area contributed by atoms with Crippen molar-refractivity contribution in [3.63, 3.8) is 0 Å². The normalized spacial score (nSPS) is 25.4. The Bertz CT molecular complexity index is 3220. The Morgan fingerprint density at radius 1 is 0.455 bits per heavy atom. The fourth-order valence-electron chi connectivity index (χ4n) is 15.7. The van der Waals surface area contributed by atoms with Gasteiger partial charge in [-0.2, -0.15) is 0 Å². The summed E-state index contributed by atoms with van der Waals surface area (Å²) >= 11 is 0. The lowest BCUT2D eigenvalue weighted by Crippen LogP contribution is -2.88. The molecule has 0 amide bonds. The summed E-state index contributed by atoms with van der Waals surface area (Å²) in [6.45, 7) is 6.92. The van der Waals surface area contributed by atoms with Crippen molar-refractivity contribution < 1.29 is 0 Å². The molecule has 2 spiro atoms. The SMILES string of the molecule is CC(C)(C)c1ccc(-c2ccccc2N(c2ccccc2-c2ccc3c(c2)C2(c4ccccc4-3)C3CC4CC5CC2C453)c2ccccc2-c2cccc3cccc(C4CCCCC4)c23)cc1. The molecular formula is C65H59N. The lowest BCUT2D eigenvalue weighted by molar-refractivity contribution is -0.412. The molecule has 8 aromatic carbocycles. The lowest BCUT2D eigenvalue weighted by atomic mass is 9.11. The topological polar surface area (TPSA) is 3.24 Å². The number of nitrogens with zero attached hydrogens (tertiary/aromatic N) is 1. The minimum absolute atomic E-state index is 0.0747. The first-order valence-corrected chi connectivity index (χ1v) is 25.3. The van der Waals surface area contributed by atoms with Crippen LogP contribution in [0.2, 0.25) is 0 Å². The number of fused-ring (bicyclic) bond motifs is 8. The van der Waals surface area contributed by atoms with Crippen molar-refractivity contribution in [1.82, 2.24) is 0 Å². The molecule has 6 aliphatic rings. The zero-order valence-electron chi connectivity index (χ0n) is 38.7. The average Bonchev–Trinajstić information content (AvgIpc) is 3.63. The van der Waals surface area contributed by atoms with Crippen LogP contribution in [0.4, 0.5) is 17.1 Å². The van der Waals surface area contributed by atoms with Gasteiger partial charge in [0.05, 0.1) is 17.1 Å². The molecule has 5 fully saturated rings. The van der Waals surface area contributed by atoms with Crippen LogP contribution in [0.25, 0.3) is 55.3 Å². The van der Waals surface area contributed by atoms with Crippen LogP contribution in [0.5, 0.6) is 0 Å². The van der Waals surface area contributed by atoms with Crippen LogP contribution >= 0.6 is 0 Å². The van der Waals surface area contributed by atoms with Crippen molar-refractivity contribution in [2.45, 2.75) is 88.9 Å². The van der Waals surface area contributed by atoms with Crippen LogP contribution in [-0.2, 0) is 10.8 Å². The van der Waals surface area contributed by atoms with Crippen molar-refractivity contribution in [2.24, 2.45) is 29.1 Å². The standard InChI is InChI=1S/C65H59N/c1-63(2,3)45-34-31-42(32-35-45)48-21-8-12-28-57(48)66(59-30-14-10-24-53(59)54-26-16-20-43-19-15-25-50(62(43)54)41-17-5-4-6-18-41)58-29-13-9-22-49(58)44-33-36-52-51-23-7-11-27-55(51)65(56(52)37-44)60-39-46-38-47-40-61(65)64(46,47)60/h7-16,19-37,41,46-47,60-61H,4-6,17-18,38-40H2,1-3H3. The molecule has 4 unspecified atom stereocenters. The number of hydrogen-bond donors (Lipinski definition) is 0. The molecule has 1 nitrogen and oxygen atoms in total. The molecule has 6 aliphatic carbocycles. The van der Waals surface area contributed by atoms with Gasteiger partial charge >= 0.3 is 0 Å². The van der Waals surface area contributed by atoms with Gasteiger partial charge in [-0.1, -0.05) is 192 Å². The first-order chi connectivity index (χ1) is 32.4. The molecule has 14 rings (SSSR count). The predicted molar refractivity (Wildman–Crippen MR) is 276 cm³/mol. The van der Waals surface area contributed by atoms with E-state index in [1.54, 1.807) is 11.1 Å². The minimum atomic E-state index is 0.0747. The van der Waals surface area contributed by atoms with Crippen LogP contribution in [0.15, 0.2) is 176 Å². The van der Waals surface area contributed by atoms with Crippen molar-refractivity contribution in [1.29, 1.82) is 0 Å². The maximum Gasteiger partial charge on any atom is 0.0540 e. The van der Waals surface area contributed by atoms with E-state index in [-0.39, 0.29) is 10.8 Å². The van der Waals surface area contributed by atoms with Crippen LogP contribution in [0.3, 0.4) is 0 Å². The molecule has 0 saturated heterocycles. The third-order valence-corrected chi connectivity index (χ3v) is 18.5. The molecule has 1 heteroatoms. The van der Waals surface area contributed by atoms with E-state index in [9.17, 15) is 0 Å². The second-order valence-electron chi connectivity index (χ2n) is 22.2. The Balaban J connectivity index is 0.985. The summed E-state index contributed by atoms with van der Waals surface area (Å²) in [5.74, 6) is 4.14. The Kier molecular flexibility index (Phi) is 8.38. The van der Waals surface area contributed by atoms with Gasteiger partial charge in [0.1, 0.15) is 0 Å². The van der Waals surface area contributed by atoms with Crippen molar-refractivity contribution >= 4 is 27.8 Å². The zero-order valence-corrected chi connectivity index (χ0v) is 38.7. The number of rotatable bonds is 7. The second-order valence-corrected chi connectivity index (χ2v) is 22.2. The van der Waals surface area contributed by atoms with E-state index in [0.29, 0.717) is 11.3 Å². The summed E-state index contributed by atoms with van der Waals surface area (Å²) in [6, 6.07) is 68.3. The fraction of sp³-hybridized carbons (Fsp3) is 0.292. The predicted octanol–water partition coefficient (Wildman–Crippen LogP) is 17.6. The van der Waals surface area contributed by atoms with Crippen LogP contribution in [0, 0.1) is 29.1 Å². The van der Waals surface area contributed by atoms with Gasteiger partial charge in [0.25, 0.3) is 0 Å². The monoisotopic (exact) mass is 853 g/mol. The van der Waals surface area contributed by atoms with E-state index in [0.717, 1.165) is 23.7 Å². The quantitative estimate of drug-likeness (QED) is 0.154. The molecule has 0 heterocycles. The van der Waals surface area contributed by atoms with E-state index in [1.165, 1.54) is 135 Å².